The molecule has 1 saturated heterocycles. The molecular formula is C15H15ClF3N5O2. The second kappa shape index (κ2) is 7.20. The zero-order chi connectivity index (χ0) is 18.9. The summed E-state index contributed by atoms with van der Waals surface area (Å²) in [6, 6.07) is 5.38. The zero-order valence-corrected chi connectivity index (χ0v) is 14.5. The quantitative estimate of drug-likeness (QED) is 0.803. The molecule has 0 aliphatic carbocycles. The number of aromatic nitrogens is 4. The summed E-state index contributed by atoms with van der Waals surface area (Å²) in [4.78, 5) is 15.3. The van der Waals surface area contributed by atoms with E-state index in [1.165, 1.54) is 0 Å². The van der Waals surface area contributed by atoms with E-state index in [4.69, 9.17) is 11.6 Å². The van der Waals surface area contributed by atoms with Gasteiger partial charge in [-0.2, -0.15) is 17.9 Å². The van der Waals surface area contributed by atoms with Gasteiger partial charge in [0.05, 0.1) is 5.69 Å². The molecule has 1 fully saturated rings. The number of carbonyl (C=O) groups is 1. The van der Waals surface area contributed by atoms with Gasteiger partial charge in [-0.25, -0.2) is 4.79 Å². The molecule has 11 heteroatoms. The van der Waals surface area contributed by atoms with Crippen molar-refractivity contribution in [2.45, 2.75) is 31.9 Å². The Kier molecular flexibility index (Phi) is 5.15. The normalized spacial score (nSPS) is 16.7. The number of aryl methyl sites for hydroxylation is 1. The van der Waals surface area contributed by atoms with Crippen molar-refractivity contribution < 1.29 is 22.8 Å². The van der Waals surface area contributed by atoms with Gasteiger partial charge < -0.3 is 4.84 Å². The lowest BCUT2D eigenvalue weighted by Gasteiger charge is -2.29. The Balaban J connectivity index is 1.68. The third-order valence-electron chi connectivity index (χ3n) is 4.14. The molecule has 140 valence electrons. The van der Waals surface area contributed by atoms with E-state index in [2.05, 4.69) is 20.4 Å². The van der Waals surface area contributed by atoms with Crippen molar-refractivity contribution in [3.63, 3.8) is 0 Å². The van der Waals surface area contributed by atoms with Crippen LogP contribution in [0.5, 0.6) is 0 Å². The molecule has 1 aliphatic rings. The molecule has 3 rings (SSSR count). The third-order valence-corrected chi connectivity index (χ3v) is 4.57. The van der Waals surface area contributed by atoms with E-state index in [0.717, 1.165) is 16.3 Å². The summed E-state index contributed by atoms with van der Waals surface area (Å²) in [5.41, 5.74) is 1.62. The summed E-state index contributed by atoms with van der Waals surface area (Å²) in [5.74, 6) is -1.67. The summed E-state index contributed by atoms with van der Waals surface area (Å²) >= 11 is 6.03. The molecule has 1 aromatic heterocycles. The van der Waals surface area contributed by atoms with Crippen LogP contribution in [0.4, 0.5) is 13.2 Å². The van der Waals surface area contributed by atoms with Gasteiger partial charge in [0.25, 0.3) is 0 Å². The van der Waals surface area contributed by atoms with Crippen LogP contribution in [0.15, 0.2) is 18.2 Å². The van der Waals surface area contributed by atoms with Gasteiger partial charge in [0.1, 0.15) is 0 Å². The van der Waals surface area contributed by atoms with Crippen molar-refractivity contribution in [3.05, 3.63) is 34.6 Å². The highest BCUT2D eigenvalue weighted by atomic mass is 35.5. The summed E-state index contributed by atoms with van der Waals surface area (Å²) in [6.07, 6.45) is -4.09. The van der Waals surface area contributed by atoms with Crippen molar-refractivity contribution in [2.24, 2.45) is 0 Å². The average molecular weight is 390 g/mol. The molecule has 0 radical (unpaired) electrons. The minimum atomic E-state index is -5.01. The fraction of sp³-hybridized carbons (Fsp3) is 0.467. The predicted octanol–water partition coefficient (Wildman–Crippen LogP) is 2.82. The highest BCUT2D eigenvalue weighted by molar-refractivity contribution is 6.31. The Labute approximate surface area is 151 Å². The smallest absolute Gasteiger partial charge is 0.361 e. The maximum absolute atomic E-state index is 12.3. The zero-order valence-electron chi connectivity index (χ0n) is 13.7. The van der Waals surface area contributed by atoms with Crippen LogP contribution < -0.4 is 0 Å². The molecular weight excluding hydrogens is 375 g/mol. The number of carbonyl (C=O) groups excluding carboxylic acids is 1. The Morgan fingerprint density at radius 2 is 2.00 bits per heavy atom. The maximum Gasteiger partial charge on any atom is 0.492 e. The van der Waals surface area contributed by atoms with Crippen LogP contribution in [0.3, 0.4) is 0 Å². The standard InChI is InChI=1S/C15H15ClF3N5O2/c1-9-8-11(2-3-12(9)16)24-13(20-21-22-24)10-4-6-23(7-5-10)26-14(25)15(17,18)19/h2-3,8,10H,4-7H2,1H3. The number of halogens is 4. The summed E-state index contributed by atoms with van der Waals surface area (Å²) in [5, 5.41) is 13.4. The minimum absolute atomic E-state index is 0.0678. The van der Waals surface area contributed by atoms with Gasteiger partial charge in [-0.15, -0.1) is 10.2 Å². The van der Waals surface area contributed by atoms with E-state index in [0.29, 0.717) is 23.7 Å². The van der Waals surface area contributed by atoms with E-state index in [9.17, 15) is 18.0 Å². The molecule has 0 unspecified atom stereocenters. The number of nitrogens with zero attached hydrogens (tertiary/aromatic N) is 5. The van der Waals surface area contributed by atoms with Crippen LogP contribution >= 0.6 is 11.6 Å². The highest BCUT2D eigenvalue weighted by Gasteiger charge is 2.43. The van der Waals surface area contributed by atoms with Gasteiger partial charge >= 0.3 is 12.1 Å². The van der Waals surface area contributed by atoms with E-state index < -0.39 is 12.1 Å². The molecule has 2 heterocycles. The lowest BCUT2D eigenvalue weighted by molar-refractivity contribution is -0.241. The molecule has 2 aromatic rings. The molecule has 0 atom stereocenters. The lowest BCUT2D eigenvalue weighted by atomic mass is 9.97. The summed E-state index contributed by atoms with van der Waals surface area (Å²) < 4.78 is 38.4. The number of benzene rings is 1. The van der Waals surface area contributed by atoms with Crippen LogP contribution in [0.1, 0.15) is 30.1 Å². The number of tetrazole rings is 1. The second-order valence-electron chi connectivity index (χ2n) is 5.96. The molecule has 26 heavy (non-hydrogen) atoms. The fourth-order valence-corrected chi connectivity index (χ4v) is 2.88. The van der Waals surface area contributed by atoms with Crippen LogP contribution in [0.2, 0.25) is 5.02 Å². The number of hydroxylamine groups is 2. The van der Waals surface area contributed by atoms with Crippen LogP contribution in [0.25, 0.3) is 5.69 Å². The monoisotopic (exact) mass is 389 g/mol. The third kappa shape index (κ3) is 3.96. The van der Waals surface area contributed by atoms with Crippen LogP contribution in [-0.4, -0.2) is 50.5 Å². The number of alkyl halides is 3. The molecule has 0 N–H and O–H groups in total. The maximum atomic E-state index is 12.3. The van der Waals surface area contributed by atoms with Crippen molar-refractivity contribution in [3.8, 4) is 5.69 Å². The lowest BCUT2D eigenvalue weighted by Crippen LogP contribution is -2.39. The highest BCUT2D eigenvalue weighted by Crippen LogP contribution is 2.29. The first kappa shape index (κ1) is 18.6. The first-order valence-electron chi connectivity index (χ1n) is 7.84. The predicted molar refractivity (Wildman–Crippen MR) is 84.6 cm³/mol. The van der Waals surface area contributed by atoms with Gasteiger partial charge in [0.15, 0.2) is 5.82 Å². The molecule has 0 saturated carbocycles. The van der Waals surface area contributed by atoms with Crippen LogP contribution in [0, 0.1) is 6.92 Å². The molecule has 1 aliphatic heterocycles. The number of hydrogen-bond acceptors (Lipinski definition) is 6. The summed E-state index contributed by atoms with van der Waals surface area (Å²) in [7, 11) is 0. The van der Waals surface area contributed by atoms with Gasteiger partial charge in [-0.3, -0.25) is 0 Å². The van der Waals surface area contributed by atoms with E-state index in [1.54, 1.807) is 16.8 Å². The van der Waals surface area contributed by atoms with Crippen molar-refractivity contribution in [1.29, 1.82) is 0 Å². The largest absolute Gasteiger partial charge is 0.492 e. The van der Waals surface area contributed by atoms with E-state index in [-0.39, 0.29) is 19.0 Å². The van der Waals surface area contributed by atoms with Crippen molar-refractivity contribution in [1.82, 2.24) is 25.3 Å². The molecule has 0 bridgehead atoms. The Bertz CT molecular complexity index is 803. The van der Waals surface area contributed by atoms with E-state index in [1.807, 2.05) is 13.0 Å². The van der Waals surface area contributed by atoms with Crippen molar-refractivity contribution in [2.75, 3.05) is 13.1 Å². The van der Waals surface area contributed by atoms with Gasteiger partial charge in [0, 0.05) is 24.0 Å². The molecule has 0 spiro atoms. The second-order valence-corrected chi connectivity index (χ2v) is 6.37. The first-order chi connectivity index (χ1) is 12.3. The van der Waals surface area contributed by atoms with Gasteiger partial charge in [0.2, 0.25) is 0 Å². The van der Waals surface area contributed by atoms with Gasteiger partial charge in [-0.1, -0.05) is 11.6 Å². The minimum Gasteiger partial charge on any atom is -0.361 e. The fourth-order valence-electron chi connectivity index (χ4n) is 2.77. The topological polar surface area (TPSA) is 73.1 Å². The van der Waals surface area contributed by atoms with E-state index >= 15 is 0 Å². The molecule has 0 amide bonds. The summed E-state index contributed by atoms with van der Waals surface area (Å²) in [6.45, 7) is 2.20. The Morgan fingerprint density at radius 1 is 1.31 bits per heavy atom. The number of rotatable bonds is 3. The first-order valence-corrected chi connectivity index (χ1v) is 8.22. The van der Waals surface area contributed by atoms with Crippen LogP contribution in [-0.2, 0) is 9.63 Å². The van der Waals surface area contributed by atoms with Gasteiger partial charge in [-0.05, 0) is 54.0 Å². The Hall–Kier alpha value is -2.20. The number of hydrogen-bond donors (Lipinski definition) is 0. The molecule has 1 aromatic carbocycles. The SMILES string of the molecule is Cc1cc(-n2nnnc2C2CCN(OC(=O)C(F)(F)F)CC2)ccc1Cl. The molecule has 7 nitrogen and oxygen atoms in total. The number of piperidine rings is 1. The average Bonchev–Trinajstić information content (AvgIpc) is 3.07. The van der Waals surface area contributed by atoms with Crippen molar-refractivity contribution >= 4 is 17.6 Å². The Morgan fingerprint density at radius 3 is 2.62 bits per heavy atom.